The van der Waals surface area contributed by atoms with Crippen LogP contribution in [0.15, 0.2) is 30.5 Å². The zero-order valence-corrected chi connectivity index (χ0v) is 11.7. The molecule has 0 saturated heterocycles. The first-order valence-electron chi connectivity index (χ1n) is 5.70. The first-order valence-corrected chi connectivity index (χ1v) is 6.46. The summed E-state index contributed by atoms with van der Waals surface area (Å²) in [5.41, 5.74) is 0.784. The van der Waals surface area contributed by atoms with Crippen LogP contribution in [-0.2, 0) is 0 Å². The number of hydrogen-bond donors (Lipinski definition) is 1. The minimum atomic E-state index is -1.13. The lowest BCUT2D eigenvalue weighted by molar-refractivity contribution is 0.0696. The second-order valence-electron chi connectivity index (χ2n) is 4.23. The van der Waals surface area contributed by atoms with Crippen LogP contribution in [0, 0.1) is 5.82 Å². The van der Waals surface area contributed by atoms with E-state index < -0.39 is 11.8 Å². The normalized spacial score (nSPS) is 11.0. The van der Waals surface area contributed by atoms with Crippen molar-refractivity contribution in [1.29, 1.82) is 0 Å². The zero-order valence-electron chi connectivity index (χ0n) is 10.2. The Morgan fingerprint density at radius 3 is 2.62 bits per heavy atom. The van der Waals surface area contributed by atoms with Gasteiger partial charge in [0.25, 0.3) is 0 Å². The van der Waals surface area contributed by atoms with Crippen LogP contribution in [0.2, 0.25) is 10.0 Å². The first kappa shape index (κ1) is 13.8. The summed E-state index contributed by atoms with van der Waals surface area (Å²) in [6.07, 6.45) is 1.34. The van der Waals surface area contributed by atoms with E-state index in [-0.39, 0.29) is 15.6 Å². The molecule has 2 aromatic heterocycles. The van der Waals surface area contributed by atoms with Gasteiger partial charge in [0.15, 0.2) is 11.5 Å². The highest BCUT2D eigenvalue weighted by atomic mass is 35.5. The van der Waals surface area contributed by atoms with Gasteiger partial charge in [0, 0.05) is 11.8 Å². The number of carboxylic acid groups (broad SMARTS) is 1. The van der Waals surface area contributed by atoms with Crippen molar-refractivity contribution in [2.75, 3.05) is 0 Å². The molecule has 0 fully saturated rings. The molecule has 0 aliphatic rings. The van der Waals surface area contributed by atoms with E-state index >= 15 is 0 Å². The molecule has 0 spiro atoms. The summed E-state index contributed by atoms with van der Waals surface area (Å²) in [5.74, 6) is -1.37. The van der Waals surface area contributed by atoms with Gasteiger partial charge in [-0.1, -0.05) is 23.2 Å². The second kappa shape index (κ2) is 4.98. The van der Waals surface area contributed by atoms with Crippen LogP contribution in [0.3, 0.4) is 0 Å². The Kier molecular flexibility index (Phi) is 3.27. The van der Waals surface area contributed by atoms with Gasteiger partial charge in [0.1, 0.15) is 5.82 Å². The second-order valence-corrected chi connectivity index (χ2v) is 5.04. The van der Waals surface area contributed by atoms with E-state index in [4.69, 9.17) is 28.3 Å². The van der Waals surface area contributed by atoms with Crippen LogP contribution in [0.5, 0.6) is 0 Å². The Labute approximate surface area is 127 Å². The summed E-state index contributed by atoms with van der Waals surface area (Å²) >= 11 is 11.7. The Morgan fingerprint density at radius 2 is 1.95 bits per heavy atom. The molecule has 0 unspecified atom stereocenters. The highest BCUT2D eigenvalue weighted by Crippen LogP contribution is 2.26. The summed E-state index contributed by atoms with van der Waals surface area (Å²) in [7, 11) is 0. The topological polar surface area (TPSA) is 67.5 Å². The summed E-state index contributed by atoms with van der Waals surface area (Å²) in [5, 5.41) is 17.0. The van der Waals surface area contributed by atoms with Crippen LogP contribution < -0.4 is 0 Å². The number of aromatic nitrogens is 3. The molecule has 3 aromatic rings. The van der Waals surface area contributed by atoms with E-state index in [0.29, 0.717) is 17.0 Å². The zero-order chi connectivity index (χ0) is 15.1. The van der Waals surface area contributed by atoms with Gasteiger partial charge in [-0.15, -0.1) is 10.2 Å². The fraction of sp³-hybridized carbons (Fsp3) is 0. The van der Waals surface area contributed by atoms with Crippen LogP contribution >= 0.6 is 23.2 Å². The Bertz CT molecular complexity index is 879. The van der Waals surface area contributed by atoms with Gasteiger partial charge >= 0.3 is 5.97 Å². The maximum absolute atomic E-state index is 13.2. The molecule has 0 atom stereocenters. The van der Waals surface area contributed by atoms with Gasteiger partial charge in [-0.25, -0.2) is 9.18 Å². The third-order valence-corrected chi connectivity index (χ3v) is 3.45. The summed E-state index contributed by atoms with van der Waals surface area (Å²) in [4.78, 5) is 11.1. The van der Waals surface area contributed by atoms with Crippen molar-refractivity contribution >= 4 is 34.8 Å². The predicted molar refractivity (Wildman–Crippen MR) is 75.4 cm³/mol. The lowest BCUT2D eigenvalue weighted by Crippen LogP contribution is -2.00. The van der Waals surface area contributed by atoms with Gasteiger partial charge in [0.2, 0.25) is 0 Å². The average Bonchev–Trinajstić information content (AvgIpc) is 2.86. The van der Waals surface area contributed by atoms with Gasteiger partial charge in [-0.3, -0.25) is 4.40 Å². The van der Waals surface area contributed by atoms with Crippen LogP contribution in [-0.4, -0.2) is 25.7 Å². The quantitative estimate of drug-likeness (QED) is 0.782. The molecule has 8 heteroatoms. The molecule has 106 valence electrons. The van der Waals surface area contributed by atoms with Gasteiger partial charge in [-0.05, 0) is 24.3 Å². The van der Waals surface area contributed by atoms with Crippen molar-refractivity contribution in [1.82, 2.24) is 14.6 Å². The molecule has 0 amide bonds. The molecule has 0 bridgehead atoms. The fourth-order valence-electron chi connectivity index (χ4n) is 1.90. The molecule has 1 N–H and O–H groups in total. The molecule has 0 aliphatic carbocycles. The molecular weight excluding hydrogens is 320 g/mol. The standard InChI is InChI=1S/C13H6Cl2FN3O2/c14-8-3-6(1-2-10(8)16)11-17-18-12-9(15)4-7(13(20)21)5-19(11)12/h1-5H,(H,20,21). The Balaban J connectivity index is 2.27. The van der Waals surface area contributed by atoms with Gasteiger partial charge < -0.3 is 5.11 Å². The Morgan fingerprint density at radius 1 is 1.19 bits per heavy atom. The maximum Gasteiger partial charge on any atom is 0.337 e. The molecule has 0 aliphatic heterocycles. The number of nitrogens with zero attached hydrogens (tertiary/aromatic N) is 3. The summed E-state index contributed by atoms with van der Waals surface area (Å²) in [6, 6.07) is 5.34. The molecular formula is C13H6Cl2FN3O2. The van der Waals surface area contributed by atoms with Crippen molar-refractivity contribution in [3.05, 3.63) is 51.9 Å². The summed E-state index contributed by atoms with van der Waals surface area (Å²) < 4.78 is 14.6. The minimum Gasteiger partial charge on any atom is -0.478 e. The number of pyridine rings is 1. The number of carboxylic acids is 1. The number of rotatable bonds is 2. The monoisotopic (exact) mass is 325 g/mol. The molecule has 1 aromatic carbocycles. The number of benzene rings is 1. The van der Waals surface area contributed by atoms with Crippen LogP contribution in [0.4, 0.5) is 4.39 Å². The van der Waals surface area contributed by atoms with Crippen molar-refractivity contribution in [3.8, 4) is 11.4 Å². The third-order valence-electron chi connectivity index (χ3n) is 2.88. The highest BCUT2D eigenvalue weighted by molar-refractivity contribution is 6.33. The van der Waals surface area contributed by atoms with Crippen molar-refractivity contribution in [2.24, 2.45) is 0 Å². The van der Waals surface area contributed by atoms with Crippen molar-refractivity contribution in [2.45, 2.75) is 0 Å². The smallest absolute Gasteiger partial charge is 0.337 e. The van der Waals surface area contributed by atoms with Gasteiger partial charge in [-0.2, -0.15) is 0 Å². The van der Waals surface area contributed by atoms with E-state index in [1.54, 1.807) is 0 Å². The van der Waals surface area contributed by atoms with Crippen molar-refractivity contribution in [3.63, 3.8) is 0 Å². The molecule has 21 heavy (non-hydrogen) atoms. The lowest BCUT2D eigenvalue weighted by Gasteiger charge is -2.04. The minimum absolute atomic E-state index is 0.0123. The maximum atomic E-state index is 13.2. The molecule has 0 saturated carbocycles. The molecule has 0 radical (unpaired) electrons. The first-order chi connectivity index (χ1) is 9.97. The molecule has 5 nitrogen and oxygen atoms in total. The SMILES string of the molecule is O=C(O)c1cc(Cl)c2nnc(-c3ccc(F)c(Cl)c3)n2c1. The lowest BCUT2D eigenvalue weighted by atomic mass is 10.2. The van der Waals surface area contributed by atoms with E-state index in [2.05, 4.69) is 10.2 Å². The average molecular weight is 326 g/mol. The van der Waals surface area contributed by atoms with E-state index in [9.17, 15) is 9.18 Å². The molecule has 2 heterocycles. The number of aromatic carboxylic acids is 1. The predicted octanol–water partition coefficient (Wildman–Crippen LogP) is 3.54. The number of hydrogen-bond acceptors (Lipinski definition) is 3. The largest absolute Gasteiger partial charge is 0.478 e. The van der Waals surface area contributed by atoms with Crippen LogP contribution in [0.25, 0.3) is 17.0 Å². The van der Waals surface area contributed by atoms with Gasteiger partial charge in [0.05, 0.1) is 15.6 Å². The Hall–Kier alpha value is -2.18. The summed E-state index contributed by atoms with van der Waals surface area (Å²) in [6.45, 7) is 0. The van der Waals surface area contributed by atoms with E-state index in [0.717, 1.165) is 0 Å². The highest BCUT2D eigenvalue weighted by Gasteiger charge is 2.15. The molecule has 3 rings (SSSR count). The van der Waals surface area contributed by atoms with Crippen LogP contribution in [0.1, 0.15) is 10.4 Å². The van der Waals surface area contributed by atoms with Crippen molar-refractivity contribution < 1.29 is 14.3 Å². The number of carbonyl (C=O) groups is 1. The van der Waals surface area contributed by atoms with E-state index in [1.807, 2.05) is 0 Å². The number of halogens is 3. The van der Waals surface area contributed by atoms with E-state index in [1.165, 1.54) is 34.9 Å². The fourth-order valence-corrected chi connectivity index (χ4v) is 2.33. The number of fused-ring (bicyclic) bond motifs is 1. The third kappa shape index (κ3) is 2.32.